The quantitative estimate of drug-likeness (QED) is 0.521. The smallest absolute Gasteiger partial charge is 0.260 e. The van der Waals surface area contributed by atoms with E-state index in [2.05, 4.69) is 26.2 Å². The highest BCUT2D eigenvalue weighted by Gasteiger charge is 2.53. The Bertz CT molecular complexity index is 1090. The first-order valence-electron chi connectivity index (χ1n) is 11.2. The van der Waals surface area contributed by atoms with Crippen LogP contribution in [-0.4, -0.2) is 20.7 Å². The maximum absolute atomic E-state index is 13.4. The van der Waals surface area contributed by atoms with Gasteiger partial charge in [-0.05, 0) is 96.5 Å². The molecule has 2 aromatic heterocycles. The number of pyridine rings is 1. The summed E-state index contributed by atoms with van der Waals surface area (Å²) in [7, 11) is 0. The van der Waals surface area contributed by atoms with E-state index in [1.807, 2.05) is 53.3 Å². The SMILES string of the molecule is O=C(Nc1ccc(Br)cn1)c1cn(-c2ccccc2)nc1C12CC3CC(CC(C3)C1)C2. The third-order valence-corrected chi connectivity index (χ3v) is 7.96. The molecule has 4 bridgehead atoms. The number of benzene rings is 1. The summed E-state index contributed by atoms with van der Waals surface area (Å²) in [6, 6.07) is 13.8. The Kier molecular flexibility index (Phi) is 4.53. The number of nitrogens with one attached hydrogen (secondary N) is 1. The van der Waals surface area contributed by atoms with Crippen LogP contribution in [0.15, 0.2) is 59.3 Å². The first-order chi connectivity index (χ1) is 15.1. The minimum absolute atomic E-state index is 0.0363. The highest BCUT2D eigenvalue weighted by Crippen LogP contribution is 2.60. The number of rotatable bonds is 4. The van der Waals surface area contributed by atoms with Crippen molar-refractivity contribution >= 4 is 27.7 Å². The second-order valence-corrected chi connectivity index (χ2v) is 10.6. The number of anilines is 1. The van der Waals surface area contributed by atoms with Gasteiger partial charge in [0.1, 0.15) is 5.82 Å². The molecule has 4 saturated carbocycles. The third-order valence-electron chi connectivity index (χ3n) is 7.49. The van der Waals surface area contributed by atoms with Crippen LogP contribution in [0.1, 0.15) is 54.6 Å². The molecule has 2 heterocycles. The van der Waals surface area contributed by atoms with E-state index in [0.717, 1.165) is 33.6 Å². The van der Waals surface area contributed by atoms with Crippen LogP contribution in [-0.2, 0) is 5.41 Å². The van der Waals surface area contributed by atoms with Crippen molar-refractivity contribution in [3.05, 3.63) is 70.6 Å². The number of para-hydroxylation sites is 1. The number of halogens is 1. The fraction of sp³-hybridized carbons (Fsp3) is 0.400. The molecule has 0 spiro atoms. The summed E-state index contributed by atoms with van der Waals surface area (Å²) in [5.41, 5.74) is 2.70. The van der Waals surface area contributed by atoms with Crippen LogP contribution >= 0.6 is 15.9 Å². The summed E-state index contributed by atoms with van der Waals surface area (Å²) < 4.78 is 2.77. The number of carbonyl (C=O) groups is 1. The largest absolute Gasteiger partial charge is 0.306 e. The van der Waals surface area contributed by atoms with Crippen LogP contribution in [0, 0.1) is 17.8 Å². The van der Waals surface area contributed by atoms with Gasteiger partial charge in [0.2, 0.25) is 0 Å². The van der Waals surface area contributed by atoms with Crippen molar-refractivity contribution < 1.29 is 4.79 Å². The van der Waals surface area contributed by atoms with Crippen LogP contribution < -0.4 is 5.32 Å². The van der Waals surface area contributed by atoms with Crippen LogP contribution in [0.4, 0.5) is 5.82 Å². The summed E-state index contributed by atoms with van der Waals surface area (Å²) >= 11 is 3.40. The molecule has 7 rings (SSSR count). The number of hydrogen-bond acceptors (Lipinski definition) is 3. The van der Waals surface area contributed by atoms with E-state index < -0.39 is 0 Å². The normalized spacial score (nSPS) is 28.6. The van der Waals surface area contributed by atoms with E-state index >= 15 is 0 Å². The summed E-state index contributed by atoms with van der Waals surface area (Å²) in [5.74, 6) is 2.80. The lowest BCUT2D eigenvalue weighted by atomic mass is 9.48. The zero-order valence-corrected chi connectivity index (χ0v) is 18.9. The van der Waals surface area contributed by atoms with Gasteiger partial charge in [0, 0.05) is 22.3 Å². The van der Waals surface area contributed by atoms with Crippen LogP contribution in [0.3, 0.4) is 0 Å². The van der Waals surface area contributed by atoms with Crippen molar-refractivity contribution in [2.45, 2.75) is 43.9 Å². The van der Waals surface area contributed by atoms with Crippen molar-refractivity contribution in [1.29, 1.82) is 0 Å². The number of nitrogens with zero attached hydrogens (tertiary/aromatic N) is 3. The Labute approximate surface area is 190 Å². The predicted octanol–water partition coefficient (Wildman–Crippen LogP) is 5.75. The van der Waals surface area contributed by atoms with Gasteiger partial charge >= 0.3 is 0 Å². The van der Waals surface area contributed by atoms with Crippen LogP contribution in [0.5, 0.6) is 0 Å². The van der Waals surface area contributed by atoms with Crippen LogP contribution in [0.25, 0.3) is 5.69 Å². The van der Waals surface area contributed by atoms with E-state index in [0.29, 0.717) is 11.4 Å². The fourth-order valence-corrected chi connectivity index (χ4v) is 6.91. The van der Waals surface area contributed by atoms with Gasteiger partial charge in [0.25, 0.3) is 5.91 Å². The molecule has 3 aromatic rings. The molecule has 0 radical (unpaired) electrons. The van der Waals surface area contributed by atoms with Crippen molar-refractivity contribution in [2.75, 3.05) is 5.32 Å². The molecule has 31 heavy (non-hydrogen) atoms. The molecule has 6 heteroatoms. The summed E-state index contributed by atoms with van der Waals surface area (Å²) in [6.45, 7) is 0. The van der Waals surface area contributed by atoms with E-state index in [-0.39, 0.29) is 11.3 Å². The molecule has 0 aliphatic heterocycles. The van der Waals surface area contributed by atoms with E-state index in [9.17, 15) is 4.79 Å². The lowest BCUT2D eigenvalue weighted by Gasteiger charge is -2.56. The number of aromatic nitrogens is 3. The monoisotopic (exact) mass is 476 g/mol. The Morgan fingerprint density at radius 3 is 2.29 bits per heavy atom. The molecule has 5 nitrogen and oxygen atoms in total. The lowest BCUT2D eigenvalue weighted by molar-refractivity contribution is -0.00765. The van der Waals surface area contributed by atoms with Crippen molar-refractivity contribution in [1.82, 2.24) is 14.8 Å². The fourth-order valence-electron chi connectivity index (χ4n) is 6.68. The number of hydrogen-bond donors (Lipinski definition) is 1. The second-order valence-electron chi connectivity index (χ2n) is 9.69. The van der Waals surface area contributed by atoms with Gasteiger partial charge in [-0.2, -0.15) is 5.10 Å². The van der Waals surface area contributed by atoms with Gasteiger partial charge in [-0.1, -0.05) is 18.2 Å². The molecule has 0 atom stereocenters. The summed E-state index contributed by atoms with van der Waals surface area (Å²) in [4.78, 5) is 17.8. The molecule has 1 aromatic carbocycles. The first kappa shape index (κ1) is 19.2. The lowest BCUT2D eigenvalue weighted by Crippen LogP contribution is -2.49. The molecular formula is C25H25BrN4O. The molecule has 4 aliphatic carbocycles. The topological polar surface area (TPSA) is 59.8 Å². The Morgan fingerprint density at radius 2 is 1.68 bits per heavy atom. The molecule has 158 valence electrons. The Balaban J connectivity index is 1.42. The molecule has 4 fully saturated rings. The van der Waals surface area contributed by atoms with Crippen molar-refractivity contribution in [3.8, 4) is 5.69 Å². The molecule has 4 aliphatic rings. The van der Waals surface area contributed by atoms with Gasteiger partial charge in [-0.15, -0.1) is 0 Å². The van der Waals surface area contributed by atoms with Crippen LogP contribution in [0.2, 0.25) is 0 Å². The molecule has 0 unspecified atom stereocenters. The maximum Gasteiger partial charge on any atom is 0.260 e. The zero-order chi connectivity index (χ0) is 21.0. The minimum atomic E-state index is -0.122. The third kappa shape index (κ3) is 3.41. The van der Waals surface area contributed by atoms with Gasteiger partial charge in [0.05, 0.1) is 16.9 Å². The minimum Gasteiger partial charge on any atom is -0.306 e. The van der Waals surface area contributed by atoms with E-state index in [4.69, 9.17) is 5.10 Å². The van der Waals surface area contributed by atoms with E-state index in [1.165, 1.54) is 38.5 Å². The zero-order valence-electron chi connectivity index (χ0n) is 17.3. The Morgan fingerprint density at radius 1 is 1.00 bits per heavy atom. The standard InChI is InChI=1S/C25H25BrN4O/c26-19-6-7-22(27-14-19)28-24(31)21-15-30(20-4-2-1-3-5-20)29-23(21)25-11-16-8-17(12-25)10-18(9-16)13-25/h1-7,14-18H,8-13H2,(H,27,28,31). The highest BCUT2D eigenvalue weighted by atomic mass is 79.9. The number of amides is 1. The molecule has 1 amide bonds. The summed E-state index contributed by atoms with van der Waals surface area (Å²) in [6.07, 6.45) is 11.2. The maximum atomic E-state index is 13.4. The average molecular weight is 477 g/mol. The predicted molar refractivity (Wildman–Crippen MR) is 123 cm³/mol. The van der Waals surface area contributed by atoms with Gasteiger partial charge < -0.3 is 5.32 Å². The van der Waals surface area contributed by atoms with E-state index in [1.54, 1.807) is 6.20 Å². The first-order valence-corrected chi connectivity index (χ1v) is 12.0. The van der Waals surface area contributed by atoms with Crippen molar-refractivity contribution in [2.24, 2.45) is 17.8 Å². The number of carbonyl (C=O) groups excluding carboxylic acids is 1. The van der Waals surface area contributed by atoms with Gasteiger partial charge in [-0.3, -0.25) is 4.79 Å². The second kappa shape index (κ2) is 7.30. The average Bonchev–Trinajstić information content (AvgIpc) is 3.22. The Hall–Kier alpha value is -2.47. The van der Waals surface area contributed by atoms with Gasteiger partial charge in [0.15, 0.2) is 0 Å². The van der Waals surface area contributed by atoms with Gasteiger partial charge in [-0.25, -0.2) is 9.67 Å². The summed E-state index contributed by atoms with van der Waals surface area (Å²) in [5, 5.41) is 8.07. The molecule has 0 saturated heterocycles. The molecule has 1 N–H and O–H groups in total. The highest BCUT2D eigenvalue weighted by molar-refractivity contribution is 9.10. The molecular weight excluding hydrogens is 452 g/mol. The van der Waals surface area contributed by atoms with Crippen molar-refractivity contribution in [3.63, 3.8) is 0 Å².